The van der Waals surface area contributed by atoms with Gasteiger partial charge in [0.15, 0.2) is 5.96 Å². The van der Waals surface area contributed by atoms with Gasteiger partial charge in [0.2, 0.25) is 5.91 Å². The molecule has 1 N–H and O–H groups in total. The number of thiophene rings is 1. The fourth-order valence-corrected chi connectivity index (χ4v) is 3.10. The van der Waals surface area contributed by atoms with Crippen LogP contribution in [0.1, 0.15) is 16.0 Å². The van der Waals surface area contributed by atoms with Crippen molar-refractivity contribution in [2.24, 2.45) is 4.99 Å². The van der Waals surface area contributed by atoms with Gasteiger partial charge in [0.1, 0.15) is 6.54 Å². The standard InChI is InChI=1S/C20H28N4OS/c1-16-7-9-17(10-8-16)15-24(4)20(22-14-19(25)23(2)3)21-12-11-18-6-5-13-26-18/h5-10,13H,11-12,14-15H2,1-4H3,(H,21,22). The first kappa shape index (κ1) is 20.0. The van der Waals surface area contributed by atoms with Gasteiger partial charge in [-0.15, -0.1) is 11.3 Å². The van der Waals surface area contributed by atoms with Gasteiger partial charge < -0.3 is 15.1 Å². The van der Waals surface area contributed by atoms with E-state index >= 15 is 0 Å². The van der Waals surface area contributed by atoms with Crippen molar-refractivity contribution in [3.8, 4) is 0 Å². The minimum absolute atomic E-state index is 0.00806. The molecule has 1 heterocycles. The Morgan fingerprint density at radius 2 is 1.88 bits per heavy atom. The Labute approximate surface area is 160 Å². The number of guanidine groups is 1. The summed E-state index contributed by atoms with van der Waals surface area (Å²) in [7, 11) is 5.49. The number of carbonyl (C=O) groups excluding carboxylic acids is 1. The quantitative estimate of drug-likeness (QED) is 0.601. The molecule has 0 saturated carbocycles. The first-order valence-electron chi connectivity index (χ1n) is 8.73. The van der Waals surface area contributed by atoms with Crippen molar-refractivity contribution in [3.63, 3.8) is 0 Å². The van der Waals surface area contributed by atoms with Gasteiger partial charge in [0, 0.05) is 39.1 Å². The molecular formula is C20H28N4OS. The van der Waals surface area contributed by atoms with Crippen LogP contribution in [0.4, 0.5) is 0 Å². The Balaban J connectivity index is 2.00. The van der Waals surface area contributed by atoms with E-state index in [4.69, 9.17) is 0 Å². The molecular weight excluding hydrogens is 344 g/mol. The van der Waals surface area contributed by atoms with Crippen molar-refractivity contribution in [2.45, 2.75) is 19.9 Å². The maximum Gasteiger partial charge on any atom is 0.243 e. The molecule has 0 aliphatic rings. The third-order valence-electron chi connectivity index (χ3n) is 4.00. The average Bonchev–Trinajstić information content (AvgIpc) is 3.12. The van der Waals surface area contributed by atoms with Crippen molar-refractivity contribution in [1.29, 1.82) is 0 Å². The third kappa shape index (κ3) is 6.52. The summed E-state index contributed by atoms with van der Waals surface area (Å²) in [5, 5.41) is 5.48. The highest BCUT2D eigenvalue weighted by Crippen LogP contribution is 2.09. The van der Waals surface area contributed by atoms with E-state index in [-0.39, 0.29) is 12.5 Å². The fraction of sp³-hybridized carbons (Fsp3) is 0.400. The summed E-state index contributed by atoms with van der Waals surface area (Å²) >= 11 is 1.75. The Hall–Kier alpha value is -2.34. The lowest BCUT2D eigenvalue weighted by atomic mass is 10.1. The lowest BCUT2D eigenvalue weighted by molar-refractivity contribution is -0.127. The van der Waals surface area contributed by atoms with Crippen molar-refractivity contribution in [1.82, 2.24) is 15.1 Å². The predicted molar refractivity (Wildman–Crippen MR) is 110 cm³/mol. The van der Waals surface area contributed by atoms with Gasteiger partial charge >= 0.3 is 0 Å². The molecule has 140 valence electrons. The number of likely N-dealkylation sites (N-methyl/N-ethyl adjacent to an activating group) is 1. The number of aryl methyl sites for hydroxylation is 1. The molecule has 2 aromatic rings. The summed E-state index contributed by atoms with van der Waals surface area (Å²) < 4.78 is 0. The van der Waals surface area contributed by atoms with Crippen LogP contribution in [0.5, 0.6) is 0 Å². The van der Waals surface area contributed by atoms with E-state index in [0.717, 1.165) is 25.5 Å². The molecule has 0 aliphatic carbocycles. The van der Waals surface area contributed by atoms with E-state index in [1.807, 2.05) is 7.05 Å². The summed E-state index contributed by atoms with van der Waals surface area (Å²) in [6.45, 7) is 3.75. The Morgan fingerprint density at radius 3 is 2.50 bits per heavy atom. The van der Waals surface area contributed by atoms with Crippen LogP contribution in [-0.2, 0) is 17.8 Å². The van der Waals surface area contributed by atoms with Crippen LogP contribution in [0.3, 0.4) is 0 Å². The molecule has 0 atom stereocenters. The van der Waals surface area contributed by atoms with E-state index in [0.29, 0.717) is 0 Å². The molecule has 1 aromatic heterocycles. The van der Waals surface area contributed by atoms with Crippen LogP contribution in [0.25, 0.3) is 0 Å². The highest BCUT2D eigenvalue weighted by Gasteiger charge is 2.10. The van der Waals surface area contributed by atoms with Crippen LogP contribution in [0.15, 0.2) is 46.8 Å². The number of hydrogen-bond donors (Lipinski definition) is 1. The van der Waals surface area contributed by atoms with Gasteiger partial charge in [-0.1, -0.05) is 35.9 Å². The Morgan fingerprint density at radius 1 is 1.15 bits per heavy atom. The highest BCUT2D eigenvalue weighted by molar-refractivity contribution is 7.09. The minimum atomic E-state index is -0.00806. The van der Waals surface area contributed by atoms with Crippen LogP contribution in [-0.4, -0.2) is 55.9 Å². The number of amides is 1. The maximum atomic E-state index is 11.9. The van der Waals surface area contributed by atoms with E-state index in [1.54, 1.807) is 30.3 Å². The molecule has 6 heteroatoms. The van der Waals surface area contributed by atoms with Crippen molar-refractivity contribution in [3.05, 3.63) is 57.8 Å². The number of aliphatic imine (C=N–C) groups is 1. The van der Waals surface area contributed by atoms with Gasteiger partial charge in [0.05, 0.1) is 0 Å². The van der Waals surface area contributed by atoms with Crippen molar-refractivity contribution >= 4 is 23.2 Å². The lowest BCUT2D eigenvalue weighted by Gasteiger charge is -2.23. The van der Waals surface area contributed by atoms with Gasteiger partial charge in [0.25, 0.3) is 0 Å². The SMILES string of the molecule is Cc1ccc(CN(C)C(=NCC(=O)N(C)C)NCCc2cccs2)cc1. The lowest BCUT2D eigenvalue weighted by Crippen LogP contribution is -2.40. The first-order chi connectivity index (χ1) is 12.5. The maximum absolute atomic E-state index is 11.9. The number of nitrogens with one attached hydrogen (secondary N) is 1. The fourth-order valence-electron chi connectivity index (χ4n) is 2.39. The molecule has 0 saturated heterocycles. The topological polar surface area (TPSA) is 47.9 Å². The highest BCUT2D eigenvalue weighted by atomic mass is 32.1. The number of nitrogens with zero attached hydrogens (tertiary/aromatic N) is 3. The summed E-state index contributed by atoms with van der Waals surface area (Å²) in [6.07, 6.45) is 0.941. The molecule has 26 heavy (non-hydrogen) atoms. The van der Waals surface area contributed by atoms with Crippen molar-refractivity contribution in [2.75, 3.05) is 34.2 Å². The zero-order chi connectivity index (χ0) is 18.9. The number of rotatable bonds is 7. The van der Waals surface area contributed by atoms with Crippen LogP contribution < -0.4 is 5.32 Å². The molecule has 0 unspecified atom stereocenters. The third-order valence-corrected chi connectivity index (χ3v) is 4.94. The number of benzene rings is 1. The number of carbonyl (C=O) groups is 1. The number of hydrogen-bond acceptors (Lipinski definition) is 3. The second-order valence-electron chi connectivity index (χ2n) is 6.53. The molecule has 1 amide bonds. The molecule has 0 aliphatic heterocycles. The van der Waals surface area contributed by atoms with Crippen LogP contribution in [0.2, 0.25) is 0 Å². The summed E-state index contributed by atoms with van der Waals surface area (Å²) in [5.41, 5.74) is 2.46. The zero-order valence-corrected chi connectivity index (χ0v) is 16.8. The second kappa shape index (κ2) is 9.97. The molecule has 0 radical (unpaired) electrons. The van der Waals surface area contributed by atoms with E-state index in [2.05, 4.69) is 63.9 Å². The van der Waals surface area contributed by atoms with Gasteiger partial charge in [-0.25, -0.2) is 4.99 Å². The molecule has 0 spiro atoms. The van der Waals surface area contributed by atoms with E-state index < -0.39 is 0 Å². The minimum Gasteiger partial charge on any atom is -0.356 e. The predicted octanol–water partition coefficient (Wildman–Crippen LogP) is 2.76. The first-order valence-corrected chi connectivity index (χ1v) is 9.61. The van der Waals surface area contributed by atoms with Gasteiger partial charge in [-0.05, 0) is 30.4 Å². The summed E-state index contributed by atoms with van der Waals surface area (Å²) in [5.74, 6) is 0.739. The van der Waals surface area contributed by atoms with Gasteiger partial charge in [-0.3, -0.25) is 4.79 Å². The zero-order valence-electron chi connectivity index (χ0n) is 16.0. The Kier molecular flexibility index (Phi) is 7.66. The van der Waals surface area contributed by atoms with Crippen molar-refractivity contribution < 1.29 is 4.79 Å². The smallest absolute Gasteiger partial charge is 0.243 e. The largest absolute Gasteiger partial charge is 0.356 e. The molecule has 5 nitrogen and oxygen atoms in total. The monoisotopic (exact) mass is 372 g/mol. The normalized spacial score (nSPS) is 11.3. The van der Waals surface area contributed by atoms with Crippen LogP contribution in [0, 0.1) is 6.92 Å². The molecule has 0 bridgehead atoms. The van der Waals surface area contributed by atoms with Crippen LogP contribution >= 0.6 is 11.3 Å². The molecule has 1 aromatic carbocycles. The van der Waals surface area contributed by atoms with E-state index in [9.17, 15) is 4.79 Å². The second-order valence-corrected chi connectivity index (χ2v) is 7.56. The Bertz CT molecular complexity index is 708. The van der Waals surface area contributed by atoms with Gasteiger partial charge in [-0.2, -0.15) is 0 Å². The molecule has 2 rings (SSSR count). The summed E-state index contributed by atoms with van der Waals surface area (Å²) in [6, 6.07) is 12.7. The summed E-state index contributed by atoms with van der Waals surface area (Å²) in [4.78, 5) is 21.4. The average molecular weight is 373 g/mol. The van der Waals surface area contributed by atoms with E-state index in [1.165, 1.54) is 16.0 Å². The molecule has 0 fully saturated rings.